The number of hydrogen-bond acceptors (Lipinski definition) is 6. The summed E-state index contributed by atoms with van der Waals surface area (Å²) in [5.41, 5.74) is -3.97. The van der Waals surface area contributed by atoms with E-state index in [0.717, 1.165) is 19.2 Å². The van der Waals surface area contributed by atoms with Crippen molar-refractivity contribution < 1.29 is 35.9 Å². The maximum Gasteiger partial charge on any atom is 0.416 e. The van der Waals surface area contributed by atoms with E-state index >= 15 is 0 Å². The van der Waals surface area contributed by atoms with Gasteiger partial charge in [-0.3, -0.25) is 9.59 Å². The molecule has 1 saturated carbocycles. The summed E-state index contributed by atoms with van der Waals surface area (Å²) in [6.07, 6.45) is -6.95. The molecule has 2 amide bonds. The van der Waals surface area contributed by atoms with E-state index in [2.05, 4.69) is 25.4 Å². The number of carbonyl (C=O) groups is 2. The van der Waals surface area contributed by atoms with Crippen LogP contribution in [0.3, 0.4) is 0 Å². The Hall–Kier alpha value is -4.04. The fraction of sp³-hybridized carbons (Fsp3) is 0.417. The summed E-state index contributed by atoms with van der Waals surface area (Å²) in [4.78, 5) is 39.5. The van der Waals surface area contributed by atoms with Crippen molar-refractivity contribution in [2.45, 2.75) is 45.1 Å². The van der Waals surface area contributed by atoms with E-state index < -0.39 is 41.0 Å². The van der Waals surface area contributed by atoms with Gasteiger partial charge in [0, 0.05) is 25.2 Å². The first kappa shape index (κ1) is 28.0. The van der Waals surface area contributed by atoms with Crippen LogP contribution in [0.1, 0.15) is 69.4 Å². The van der Waals surface area contributed by atoms with Crippen molar-refractivity contribution in [3.63, 3.8) is 0 Å². The minimum absolute atomic E-state index is 0.0593. The van der Waals surface area contributed by atoms with Gasteiger partial charge in [0.1, 0.15) is 17.8 Å². The lowest BCUT2D eigenvalue weighted by atomic mass is 10.0. The van der Waals surface area contributed by atoms with Crippen LogP contribution in [-0.4, -0.2) is 55.0 Å². The number of rotatable bonds is 7. The normalized spacial score (nSPS) is 14.7. The second kappa shape index (κ2) is 10.3. The standard InChI is InChI=1S/C24H23F6N7O2/c1-12(33-21(38)15-6-16(23(25,26)27)8-17(7-15)24(28,29)30)20-34-13(2)35-37(20)19-9-18(31-11-32-19)22(39)36(3)10-14-4-5-14/h6-9,11-12,14H,4-5,10H2,1-3H3,(H,33,38)/t12-/m0/s1. The molecule has 0 radical (unpaired) electrons. The van der Waals surface area contributed by atoms with E-state index in [0.29, 0.717) is 24.6 Å². The van der Waals surface area contributed by atoms with Gasteiger partial charge in [0.2, 0.25) is 0 Å². The predicted octanol–water partition coefficient (Wildman–Crippen LogP) is 4.38. The molecule has 1 aliphatic carbocycles. The number of nitrogens with zero attached hydrogens (tertiary/aromatic N) is 6. The molecule has 1 fully saturated rings. The molecule has 1 aliphatic rings. The van der Waals surface area contributed by atoms with Crippen molar-refractivity contribution in [1.82, 2.24) is 34.9 Å². The molecule has 4 rings (SSSR count). The topological polar surface area (TPSA) is 106 Å². The molecular formula is C24H23F6N7O2. The Bertz CT molecular complexity index is 1370. The van der Waals surface area contributed by atoms with Crippen LogP contribution in [0.4, 0.5) is 26.3 Å². The Morgan fingerprint density at radius 2 is 1.67 bits per heavy atom. The lowest BCUT2D eigenvalue weighted by Crippen LogP contribution is -2.30. The number of nitrogens with one attached hydrogen (secondary N) is 1. The van der Waals surface area contributed by atoms with Crippen LogP contribution in [0.5, 0.6) is 0 Å². The first-order valence-corrected chi connectivity index (χ1v) is 11.7. The SMILES string of the molecule is Cc1nc([C@H](C)NC(=O)c2cc(C(F)(F)F)cc(C(F)(F)F)c2)n(-c2cc(C(=O)N(C)CC3CC3)ncn2)n1. The van der Waals surface area contributed by atoms with E-state index in [9.17, 15) is 35.9 Å². The van der Waals surface area contributed by atoms with Crippen LogP contribution in [0.25, 0.3) is 5.82 Å². The van der Waals surface area contributed by atoms with Gasteiger partial charge in [-0.1, -0.05) is 0 Å². The van der Waals surface area contributed by atoms with Crippen molar-refractivity contribution in [3.8, 4) is 5.82 Å². The molecule has 208 valence electrons. The summed E-state index contributed by atoms with van der Waals surface area (Å²) in [7, 11) is 1.66. The number of alkyl halides is 6. The van der Waals surface area contributed by atoms with Crippen LogP contribution in [-0.2, 0) is 12.4 Å². The number of aromatic nitrogens is 5. The molecule has 0 unspecified atom stereocenters. The van der Waals surface area contributed by atoms with Gasteiger partial charge >= 0.3 is 12.4 Å². The lowest BCUT2D eigenvalue weighted by molar-refractivity contribution is -0.143. The zero-order valence-corrected chi connectivity index (χ0v) is 20.9. The Labute approximate surface area is 218 Å². The van der Waals surface area contributed by atoms with Crippen LogP contribution in [0, 0.1) is 12.8 Å². The molecule has 1 atom stereocenters. The Morgan fingerprint density at radius 3 is 2.23 bits per heavy atom. The third-order valence-corrected chi connectivity index (χ3v) is 5.99. The van der Waals surface area contributed by atoms with E-state index in [1.54, 1.807) is 11.9 Å². The minimum Gasteiger partial charge on any atom is -0.342 e. The van der Waals surface area contributed by atoms with Crippen molar-refractivity contribution in [1.29, 1.82) is 0 Å². The Balaban J connectivity index is 1.60. The third-order valence-electron chi connectivity index (χ3n) is 5.99. The lowest BCUT2D eigenvalue weighted by Gasteiger charge is -2.18. The zero-order chi connectivity index (χ0) is 28.7. The zero-order valence-electron chi connectivity index (χ0n) is 20.9. The highest BCUT2D eigenvalue weighted by Crippen LogP contribution is 2.36. The fourth-order valence-electron chi connectivity index (χ4n) is 3.86. The summed E-state index contributed by atoms with van der Waals surface area (Å²) >= 11 is 0. The minimum atomic E-state index is -5.10. The average Bonchev–Trinajstić information content (AvgIpc) is 3.59. The number of amides is 2. The summed E-state index contributed by atoms with van der Waals surface area (Å²) in [5.74, 6) is -0.627. The summed E-state index contributed by atoms with van der Waals surface area (Å²) < 4.78 is 80.5. The number of halogens is 6. The monoisotopic (exact) mass is 555 g/mol. The van der Waals surface area contributed by atoms with Crippen LogP contribution >= 0.6 is 0 Å². The molecule has 39 heavy (non-hydrogen) atoms. The van der Waals surface area contributed by atoms with Crippen molar-refractivity contribution in [3.05, 3.63) is 64.6 Å². The molecule has 0 spiro atoms. The number of aryl methyl sites for hydroxylation is 1. The molecule has 2 heterocycles. The molecule has 15 heteroatoms. The Kier molecular flexibility index (Phi) is 7.36. The molecule has 3 aromatic rings. The second-order valence-corrected chi connectivity index (χ2v) is 9.31. The van der Waals surface area contributed by atoms with Gasteiger partial charge in [-0.15, -0.1) is 5.10 Å². The van der Waals surface area contributed by atoms with Gasteiger partial charge in [-0.25, -0.2) is 15.0 Å². The van der Waals surface area contributed by atoms with Crippen LogP contribution in [0.2, 0.25) is 0 Å². The molecular weight excluding hydrogens is 532 g/mol. The van der Waals surface area contributed by atoms with Gasteiger partial charge in [-0.05, 0) is 50.8 Å². The maximum absolute atomic E-state index is 13.2. The summed E-state index contributed by atoms with van der Waals surface area (Å²) in [6.45, 7) is 3.54. The highest BCUT2D eigenvalue weighted by molar-refractivity contribution is 5.95. The second-order valence-electron chi connectivity index (χ2n) is 9.31. The third kappa shape index (κ3) is 6.52. The van der Waals surface area contributed by atoms with E-state index in [1.165, 1.54) is 24.6 Å². The van der Waals surface area contributed by atoms with Crippen molar-refractivity contribution in [2.24, 2.45) is 5.92 Å². The fourth-order valence-corrected chi connectivity index (χ4v) is 3.86. The van der Waals surface area contributed by atoms with E-state index in [1.807, 2.05) is 0 Å². The average molecular weight is 555 g/mol. The summed E-state index contributed by atoms with van der Waals surface area (Å²) in [6, 6.07) is 0.965. The number of carbonyl (C=O) groups excluding carboxylic acids is 2. The highest BCUT2D eigenvalue weighted by Gasteiger charge is 2.37. The molecule has 9 nitrogen and oxygen atoms in total. The number of hydrogen-bond donors (Lipinski definition) is 1. The largest absolute Gasteiger partial charge is 0.416 e. The molecule has 1 N–H and O–H groups in total. The smallest absolute Gasteiger partial charge is 0.342 e. The molecule has 0 bridgehead atoms. The highest BCUT2D eigenvalue weighted by atomic mass is 19.4. The van der Waals surface area contributed by atoms with Gasteiger partial charge in [0.25, 0.3) is 11.8 Å². The molecule has 0 aliphatic heterocycles. The van der Waals surface area contributed by atoms with Gasteiger partial charge < -0.3 is 10.2 Å². The van der Waals surface area contributed by atoms with Gasteiger partial charge in [0.05, 0.1) is 17.2 Å². The number of benzene rings is 1. The molecule has 1 aromatic carbocycles. The van der Waals surface area contributed by atoms with Crippen molar-refractivity contribution >= 4 is 11.8 Å². The molecule has 0 saturated heterocycles. The first-order valence-electron chi connectivity index (χ1n) is 11.7. The Morgan fingerprint density at radius 1 is 1.05 bits per heavy atom. The predicted molar refractivity (Wildman–Crippen MR) is 124 cm³/mol. The van der Waals surface area contributed by atoms with Crippen molar-refractivity contribution in [2.75, 3.05) is 13.6 Å². The van der Waals surface area contributed by atoms with Crippen LogP contribution < -0.4 is 5.32 Å². The van der Waals surface area contributed by atoms with Gasteiger partial charge in [0.15, 0.2) is 11.6 Å². The van der Waals surface area contributed by atoms with E-state index in [4.69, 9.17) is 0 Å². The van der Waals surface area contributed by atoms with Crippen LogP contribution in [0.15, 0.2) is 30.6 Å². The first-order chi connectivity index (χ1) is 18.1. The summed E-state index contributed by atoms with van der Waals surface area (Å²) in [5, 5.41) is 6.58. The molecule has 2 aromatic heterocycles. The van der Waals surface area contributed by atoms with E-state index in [-0.39, 0.29) is 35.1 Å². The van der Waals surface area contributed by atoms with Gasteiger partial charge in [-0.2, -0.15) is 31.0 Å². The quantitative estimate of drug-likeness (QED) is 0.434. The maximum atomic E-state index is 13.2.